The number of aliphatic carboxylic acids is 1. The van der Waals surface area contributed by atoms with Crippen LogP contribution in [0.2, 0.25) is 0 Å². The maximum Gasteiger partial charge on any atom is 0.320 e. The summed E-state index contributed by atoms with van der Waals surface area (Å²) in [5, 5.41) is 20.7. The first kappa shape index (κ1) is 12.3. The number of benzene rings is 1. The number of carboxylic acids is 1. The van der Waals surface area contributed by atoms with Crippen LogP contribution in [0.15, 0.2) is 24.3 Å². The molecule has 0 saturated heterocycles. The normalized spacial score (nSPS) is 12.1. The second-order valence-electron chi connectivity index (χ2n) is 3.56. The minimum absolute atomic E-state index is 0.221. The average Bonchev–Trinajstić information content (AvgIpc) is 2.26. The molecule has 0 aliphatic carbocycles. The third-order valence-corrected chi connectivity index (χ3v) is 2.21. The number of phenols is 1. The van der Waals surface area contributed by atoms with Crippen molar-refractivity contribution in [3.05, 3.63) is 24.3 Å². The number of carbonyl (C=O) groups is 1. The first-order valence-corrected chi connectivity index (χ1v) is 5.11. The zero-order valence-corrected chi connectivity index (χ0v) is 8.89. The lowest BCUT2D eigenvalue weighted by atomic mass is 10.1. The van der Waals surface area contributed by atoms with Gasteiger partial charge in [0, 0.05) is 12.2 Å². The molecule has 0 aromatic heterocycles. The summed E-state index contributed by atoms with van der Waals surface area (Å²) in [6.45, 7) is 0.658. The smallest absolute Gasteiger partial charge is 0.320 e. The van der Waals surface area contributed by atoms with Crippen molar-refractivity contribution in [2.75, 3.05) is 11.9 Å². The van der Waals surface area contributed by atoms with Crippen molar-refractivity contribution in [3.63, 3.8) is 0 Å². The van der Waals surface area contributed by atoms with Crippen molar-refractivity contribution in [2.24, 2.45) is 5.73 Å². The highest BCUT2D eigenvalue weighted by Gasteiger charge is 2.09. The standard InChI is InChI=1S/C11H16N2O3/c12-10(11(15)16)2-1-7-13-8-3-5-9(14)6-4-8/h3-6,10,13-14H,1-2,7,12H2,(H,15,16)/t10-/m1/s1. The molecule has 5 heteroatoms. The van der Waals surface area contributed by atoms with Crippen LogP contribution in [-0.4, -0.2) is 28.8 Å². The number of anilines is 1. The molecular weight excluding hydrogens is 208 g/mol. The number of nitrogens with one attached hydrogen (secondary N) is 1. The van der Waals surface area contributed by atoms with Gasteiger partial charge in [-0.3, -0.25) is 4.79 Å². The molecule has 0 radical (unpaired) electrons. The van der Waals surface area contributed by atoms with E-state index >= 15 is 0 Å². The van der Waals surface area contributed by atoms with E-state index in [4.69, 9.17) is 15.9 Å². The molecule has 0 spiro atoms. The van der Waals surface area contributed by atoms with Crippen molar-refractivity contribution in [3.8, 4) is 5.75 Å². The first-order valence-electron chi connectivity index (χ1n) is 5.11. The van der Waals surface area contributed by atoms with Gasteiger partial charge in [0.15, 0.2) is 0 Å². The summed E-state index contributed by atoms with van der Waals surface area (Å²) in [5.41, 5.74) is 6.25. The summed E-state index contributed by atoms with van der Waals surface area (Å²) in [6, 6.07) is 5.90. The summed E-state index contributed by atoms with van der Waals surface area (Å²) in [6.07, 6.45) is 1.13. The van der Waals surface area contributed by atoms with Crippen molar-refractivity contribution in [2.45, 2.75) is 18.9 Å². The molecule has 0 saturated carbocycles. The third-order valence-electron chi connectivity index (χ3n) is 2.21. The summed E-state index contributed by atoms with van der Waals surface area (Å²) in [4.78, 5) is 10.4. The van der Waals surface area contributed by atoms with Gasteiger partial charge in [0.25, 0.3) is 0 Å². The van der Waals surface area contributed by atoms with Gasteiger partial charge in [-0.05, 0) is 37.1 Å². The molecule has 88 valence electrons. The average molecular weight is 224 g/mol. The highest BCUT2D eigenvalue weighted by Crippen LogP contribution is 2.13. The van der Waals surface area contributed by atoms with Crippen molar-refractivity contribution in [1.29, 1.82) is 0 Å². The Balaban J connectivity index is 2.21. The number of carboxylic acid groups (broad SMARTS) is 1. The maximum absolute atomic E-state index is 10.4. The van der Waals surface area contributed by atoms with E-state index in [1.807, 2.05) is 0 Å². The molecule has 0 bridgehead atoms. The van der Waals surface area contributed by atoms with Gasteiger partial charge in [-0.1, -0.05) is 0 Å². The first-order chi connectivity index (χ1) is 7.59. The van der Waals surface area contributed by atoms with Gasteiger partial charge in [-0.2, -0.15) is 0 Å². The lowest BCUT2D eigenvalue weighted by Crippen LogP contribution is -2.30. The van der Waals surface area contributed by atoms with E-state index in [1.165, 1.54) is 0 Å². The van der Waals surface area contributed by atoms with Crippen LogP contribution in [0, 0.1) is 0 Å². The summed E-state index contributed by atoms with van der Waals surface area (Å²) in [7, 11) is 0. The molecule has 0 fully saturated rings. The Morgan fingerprint density at radius 3 is 2.56 bits per heavy atom. The van der Waals surface area contributed by atoms with Gasteiger partial charge in [0.2, 0.25) is 0 Å². The van der Waals surface area contributed by atoms with Gasteiger partial charge < -0.3 is 21.3 Å². The molecule has 16 heavy (non-hydrogen) atoms. The quantitative estimate of drug-likeness (QED) is 0.427. The van der Waals surface area contributed by atoms with Crippen LogP contribution in [0.5, 0.6) is 5.75 Å². The van der Waals surface area contributed by atoms with Crippen LogP contribution in [-0.2, 0) is 4.79 Å². The largest absolute Gasteiger partial charge is 0.508 e. The Morgan fingerprint density at radius 1 is 1.38 bits per heavy atom. The highest BCUT2D eigenvalue weighted by atomic mass is 16.4. The second kappa shape index (κ2) is 5.97. The molecule has 0 unspecified atom stereocenters. The lowest BCUT2D eigenvalue weighted by molar-refractivity contribution is -0.138. The van der Waals surface area contributed by atoms with E-state index in [2.05, 4.69) is 5.32 Å². The minimum Gasteiger partial charge on any atom is -0.508 e. The second-order valence-corrected chi connectivity index (χ2v) is 3.56. The molecule has 0 aliphatic heterocycles. The van der Waals surface area contributed by atoms with Gasteiger partial charge in [0.1, 0.15) is 11.8 Å². The van der Waals surface area contributed by atoms with E-state index in [1.54, 1.807) is 24.3 Å². The van der Waals surface area contributed by atoms with Crippen molar-refractivity contribution >= 4 is 11.7 Å². The van der Waals surface area contributed by atoms with Crippen molar-refractivity contribution in [1.82, 2.24) is 0 Å². The Labute approximate surface area is 93.9 Å². The zero-order chi connectivity index (χ0) is 12.0. The summed E-state index contributed by atoms with van der Waals surface area (Å²) >= 11 is 0. The number of phenolic OH excluding ortho intramolecular Hbond substituents is 1. The fourth-order valence-electron chi connectivity index (χ4n) is 1.26. The Bertz CT molecular complexity index is 338. The highest BCUT2D eigenvalue weighted by molar-refractivity contribution is 5.72. The van der Waals surface area contributed by atoms with E-state index in [-0.39, 0.29) is 5.75 Å². The van der Waals surface area contributed by atoms with Crippen LogP contribution < -0.4 is 11.1 Å². The molecule has 1 aromatic carbocycles. The van der Waals surface area contributed by atoms with Gasteiger partial charge in [0.05, 0.1) is 0 Å². The number of hydrogen-bond acceptors (Lipinski definition) is 4. The van der Waals surface area contributed by atoms with E-state index in [0.717, 1.165) is 5.69 Å². The molecule has 0 aliphatic rings. The SMILES string of the molecule is N[C@H](CCCNc1ccc(O)cc1)C(=O)O. The molecule has 5 nitrogen and oxygen atoms in total. The molecule has 1 rings (SSSR count). The monoisotopic (exact) mass is 224 g/mol. The Hall–Kier alpha value is -1.75. The van der Waals surface area contributed by atoms with E-state index < -0.39 is 12.0 Å². The Kier molecular flexibility index (Phi) is 4.60. The van der Waals surface area contributed by atoms with Gasteiger partial charge >= 0.3 is 5.97 Å². The number of nitrogens with two attached hydrogens (primary N) is 1. The van der Waals surface area contributed by atoms with Crippen LogP contribution >= 0.6 is 0 Å². The predicted octanol–water partition coefficient (Wildman–Crippen LogP) is 0.996. The molecule has 0 heterocycles. The van der Waals surface area contributed by atoms with E-state index in [0.29, 0.717) is 19.4 Å². The lowest BCUT2D eigenvalue weighted by Gasteiger charge is -2.08. The number of rotatable bonds is 6. The Morgan fingerprint density at radius 2 is 2.00 bits per heavy atom. The zero-order valence-electron chi connectivity index (χ0n) is 8.89. The topological polar surface area (TPSA) is 95.6 Å². The number of hydrogen-bond donors (Lipinski definition) is 4. The molecule has 5 N–H and O–H groups in total. The van der Waals surface area contributed by atoms with Gasteiger partial charge in [-0.25, -0.2) is 0 Å². The predicted molar refractivity (Wildman–Crippen MR) is 61.4 cm³/mol. The molecule has 0 amide bonds. The van der Waals surface area contributed by atoms with Crippen LogP contribution in [0.1, 0.15) is 12.8 Å². The summed E-state index contributed by atoms with van der Waals surface area (Å²) < 4.78 is 0. The summed E-state index contributed by atoms with van der Waals surface area (Å²) in [5.74, 6) is -0.747. The third kappa shape index (κ3) is 4.18. The fourth-order valence-corrected chi connectivity index (χ4v) is 1.26. The molecular formula is C11H16N2O3. The van der Waals surface area contributed by atoms with Crippen LogP contribution in [0.4, 0.5) is 5.69 Å². The van der Waals surface area contributed by atoms with Gasteiger partial charge in [-0.15, -0.1) is 0 Å². The van der Waals surface area contributed by atoms with E-state index in [9.17, 15) is 4.79 Å². The molecule has 1 aromatic rings. The molecule has 1 atom stereocenters. The van der Waals surface area contributed by atoms with Crippen molar-refractivity contribution < 1.29 is 15.0 Å². The maximum atomic E-state index is 10.4. The van der Waals surface area contributed by atoms with Crippen LogP contribution in [0.3, 0.4) is 0 Å². The minimum atomic E-state index is -0.968. The number of aromatic hydroxyl groups is 1. The fraction of sp³-hybridized carbons (Fsp3) is 0.364. The van der Waals surface area contributed by atoms with Crippen LogP contribution in [0.25, 0.3) is 0 Å².